The summed E-state index contributed by atoms with van der Waals surface area (Å²) in [5.74, 6) is -0.0626. The Morgan fingerprint density at radius 3 is 2.63 bits per heavy atom. The maximum Gasteiger partial charge on any atom is 0.251 e. The SMILES string of the molecule is COc1cccc(F)c1C(N)CCN(C)CC(F)F. The van der Waals surface area contributed by atoms with Crippen LogP contribution in [0.4, 0.5) is 13.2 Å². The number of benzene rings is 1. The maximum absolute atomic E-state index is 13.7. The van der Waals surface area contributed by atoms with Gasteiger partial charge in [-0.25, -0.2) is 13.2 Å². The fourth-order valence-corrected chi connectivity index (χ4v) is 1.89. The van der Waals surface area contributed by atoms with Crippen LogP contribution in [-0.4, -0.2) is 38.6 Å². The number of nitrogens with two attached hydrogens (primary N) is 1. The molecule has 0 saturated carbocycles. The van der Waals surface area contributed by atoms with E-state index in [1.165, 1.54) is 24.1 Å². The first-order chi connectivity index (χ1) is 8.95. The fourth-order valence-electron chi connectivity index (χ4n) is 1.89. The molecule has 1 atom stereocenters. The van der Waals surface area contributed by atoms with Crippen molar-refractivity contribution in [3.63, 3.8) is 0 Å². The Balaban J connectivity index is 2.65. The van der Waals surface area contributed by atoms with E-state index in [4.69, 9.17) is 10.5 Å². The highest BCUT2D eigenvalue weighted by atomic mass is 19.3. The summed E-state index contributed by atoms with van der Waals surface area (Å²) in [4.78, 5) is 1.47. The Hall–Kier alpha value is -1.27. The smallest absolute Gasteiger partial charge is 0.251 e. The van der Waals surface area contributed by atoms with Gasteiger partial charge in [-0.3, -0.25) is 0 Å². The number of methoxy groups -OCH3 is 1. The molecule has 1 unspecified atom stereocenters. The van der Waals surface area contributed by atoms with E-state index < -0.39 is 18.3 Å². The average molecular weight is 276 g/mol. The van der Waals surface area contributed by atoms with Crippen LogP contribution < -0.4 is 10.5 Å². The minimum absolute atomic E-state index is 0.287. The molecule has 0 bridgehead atoms. The molecule has 2 N–H and O–H groups in total. The second-order valence-electron chi connectivity index (χ2n) is 4.40. The van der Waals surface area contributed by atoms with Crippen LogP contribution >= 0.6 is 0 Å². The number of ether oxygens (including phenoxy) is 1. The van der Waals surface area contributed by atoms with Crippen molar-refractivity contribution in [3.05, 3.63) is 29.6 Å². The standard InChI is InChI=1S/C13H19F3N2O/c1-18(8-12(15)16)7-6-10(17)13-9(14)4-3-5-11(13)19-2/h3-5,10,12H,6-8,17H2,1-2H3. The van der Waals surface area contributed by atoms with E-state index in [1.807, 2.05) is 0 Å². The van der Waals surface area contributed by atoms with Crippen molar-refractivity contribution in [1.29, 1.82) is 0 Å². The third-order valence-corrected chi connectivity index (χ3v) is 2.88. The van der Waals surface area contributed by atoms with Crippen molar-refractivity contribution >= 4 is 0 Å². The maximum atomic E-state index is 13.7. The summed E-state index contributed by atoms with van der Waals surface area (Å²) in [7, 11) is 3.02. The summed E-state index contributed by atoms with van der Waals surface area (Å²) in [5, 5.41) is 0. The topological polar surface area (TPSA) is 38.5 Å². The summed E-state index contributed by atoms with van der Waals surface area (Å²) in [6.07, 6.45) is -2.01. The number of alkyl halides is 2. The zero-order chi connectivity index (χ0) is 14.4. The molecule has 0 heterocycles. The van der Waals surface area contributed by atoms with Gasteiger partial charge in [-0.1, -0.05) is 6.07 Å². The van der Waals surface area contributed by atoms with Crippen LogP contribution in [0.1, 0.15) is 18.0 Å². The van der Waals surface area contributed by atoms with E-state index in [9.17, 15) is 13.2 Å². The molecule has 1 aromatic rings. The molecule has 1 aromatic carbocycles. The second kappa shape index (κ2) is 7.35. The molecule has 0 aromatic heterocycles. The lowest BCUT2D eigenvalue weighted by Crippen LogP contribution is -2.28. The first kappa shape index (κ1) is 15.8. The van der Waals surface area contributed by atoms with Crippen LogP contribution in [0.2, 0.25) is 0 Å². The highest BCUT2D eigenvalue weighted by molar-refractivity contribution is 5.37. The lowest BCUT2D eigenvalue weighted by atomic mass is 10.0. The van der Waals surface area contributed by atoms with Gasteiger partial charge in [0.15, 0.2) is 0 Å². The van der Waals surface area contributed by atoms with E-state index in [-0.39, 0.29) is 12.1 Å². The first-order valence-electron chi connectivity index (χ1n) is 6.00. The Bertz CT molecular complexity index is 401. The molecular formula is C13H19F3N2O. The van der Waals surface area contributed by atoms with Crippen LogP contribution in [0, 0.1) is 5.82 Å². The molecule has 0 fully saturated rings. The highest BCUT2D eigenvalue weighted by Gasteiger charge is 2.18. The number of rotatable bonds is 7. The van der Waals surface area contributed by atoms with Crippen molar-refractivity contribution in [1.82, 2.24) is 4.90 Å². The van der Waals surface area contributed by atoms with E-state index in [0.717, 1.165) is 0 Å². The quantitative estimate of drug-likeness (QED) is 0.831. The average Bonchev–Trinajstić information content (AvgIpc) is 2.34. The van der Waals surface area contributed by atoms with Crippen molar-refractivity contribution in [3.8, 4) is 5.75 Å². The second-order valence-corrected chi connectivity index (χ2v) is 4.40. The molecule has 6 heteroatoms. The van der Waals surface area contributed by atoms with Crippen LogP contribution in [0.5, 0.6) is 5.75 Å². The lowest BCUT2D eigenvalue weighted by molar-refractivity contribution is 0.0989. The molecule has 0 radical (unpaired) electrons. The largest absolute Gasteiger partial charge is 0.496 e. The van der Waals surface area contributed by atoms with E-state index >= 15 is 0 Å². The predicted molar refractivity (Wildman–Crippen MR) is 68.0 cm³/mol. The van der Waals surface area contributed by atoms with Gasteiger partial charge in [0.1, 0.15) is 11.6 Å². The summed E-state index contributed by atoms with van der Waals surface area (Å²) in [6, 6.07) is 3.88. The molecule has 0 aliphatic carbocycles. The monoisotopic (exact) mass is 276 g/mol. The van der Waals surface area contributed by atoms with E-state index in [2.05, 4.69) is 0 Å². The number of hydrogen-bond donors (Lipinski definition) is 1. The number of halogens is 3. The van der Waals surface area contributed by atoms with Gasteiger partial charge >= 0.3 is 0 Å². The summed E-state index contributed by atoms with van der Waals surface area (Å²) >= 11 is 0. The molecule has 3 nitrogen and oxygen atoms in total. The normalized spacial score (nSPS) is 13.1. The number of hydrogen-bond acceptors (Lipinski definition) is 3. The van der Waals surface area contributed by atoms with Crippen molar-refractivity contribution in [2.24, 2.45) is 5.73 Å². The third-order valence-electron chi connectivity index (χ3n) is 2.88. The Labute approximate surface area is 111 Å². The van der Waals surface area contributed by atoms with Gasteiger partial charge in [0.2, 0.25) is 0 Å². The molecule has 0 saturated heterocycles. The molecule has 0 aliphatic heterocycles. The predicted octanol–water partition coefficient (Wildman–Crippen LogP) is 2.42. The lowest BCUT2D eigenvalue weighted by Gasteiger charge is -2.20. The molecular weight excluding hydrogens is 257 g/mol. The van der Waals surface area contributed by atoms with Crippen LogP contribution in [0.15, 0.2) is 18.2 Å². The molecule has 0 spiro atoms. The van der Waals surface area contributed by atoms with E-state index in [1.54, 1.807) is 13.1 Å². The van der Waals surface area contributed by atoms with Crippen molar-refractivity contribution < 1.29 is 17.9 Å². The Kier molecular flexibility index (Phi) is 6.11. The van der Waals surface area contributed by atoms with Crippen molar-refractivity contribution in [2.45, 2.75) is 18.9 Å². The summed E-state index contributed by atoms with van der Waals surface area (Å²) < 4.78 is 43.1. The minimum atomic E-state index is -2.38. The zero-order valence-electron chi connectivity index (χ0n) is 11.1. The minimum Gasteiger partial charge on any atom is -0.496 e. The van der Waals surface area contributed by atoms with Gasteiger partial charge in [-0.15, -0.1) is 0 Å². The highest BCUT2D eigenvalue weighted by Crippen LogP contribution is 2.28. The third kappa shape index (κ3) is 4.72. The van der Waals surface area contributed by atoms with E-state index in [0.29, 0.717) is 18.7 Å². The molecule has 108 valence electrons. The molecule has 0 aliphatic rings. The Morgan fingerprint density at radius 1 is 1.37 bits per heavy atom. The zero-order valence-corrected chi connectivity index (χ0v) is 11.1. The van der Waals surface area contributed by atoms with Crippen LogP contribution in [-0.2, 0) is 0 Å². The van der Waals surface area contributed by atoms with Gasteiger partial charge in [0, 0.05) is 11.6 Å². The summed E-state index contributed by atoms with van der Waals surface area (Å²) in [6.45, 7) is 0.0458. The van der Waals surface area contributed by atoms with Gasteiger partial charge in [-0.05, 0) is 32.1 Å². The van der Waals surface area contributed by atoms with Gasteiger partial charge in [-0.2, -0.15) is 0 Å². The van der Waals surface area contributed by atoms with Gasteiger partial charge in [0.25, 0.3) is 6.43 Å². The molecule has 0 amide bonds. The van der Waals surface area contributed by atoms with Gasteiger partial charge < -0.3 is 15.4 Å². The van der Waals surface area contributed by atoms with Crippen LogP contribution in [0.3, 0.4) is 0 Å². The first-order valence-corrected chi connectivity index (χ1v) is 6.00. The summed E-state index contributed by atoms with van der Waals surface area (Å²) in [5.41, 5.74) is 6.20. The number of nitrogens with zero attached hydrogens (tertiary/aromatic N) is 1. The fraction of sp³-hybridized carbons (Fsp3) is 0.538. The molecule has 1 rings (SSSR count). The van der Waals surface area contributed by atoms with Crippen molar-refractivity contribution in [2.75, 3.05) is 27.2 Å². The van der Waals surface area contributed by atoms with Crippen LogP contribution in [0.25, 0.3) is 0 Å². The molecule has 19 heavy (non-hydrogen) atoms. The van der Waals surface area contributed by atoms with Gasteiger partial charge in [0.05, 0.1) is 13.7 Å². The Morgan fingerprint density at radius 2 is 2.05 bits per heavy atom.